The van der Waals surface area contributed by atoms with Gasteiger partial charge in [0.2, 0.25) is 0 Å². The Morgan fingerprint density at radius 1 is 1.18 bits per heavy atom. The van der Waals surface area contributed by atoms with E-state index in [2.05, 4.69) is 25.9 Å². The topological polar surface area (TPSA) is 104 Å². The zero-order chi connectivity index (χ0) is 23.5. The number of benzene rings is 2. The fourth-order valence-corrected chi connectivity index (χ4v) is 4.30. The summed E-state index contributed by atoms with van der Waals surface area (Å²) in [6.07, 6.45) is 7.62. The quantitative estimate of drug-likeness (QED) is 0.377. The first-order chi connectivity index (χ1) is 16.6. The predicted octanol–water partition coefficient (Wildman–Crippen LogP) is 5.55. The molecule has 1 amide bonds. The predicted molar refractivity (Wildman–Crippen MR) is 132 cm³/mol. The van der Waals surface area contributed by atoms with Gasteiger partial charge >= 0.3 is 6.09 Å². The van der Waals surface area contributed by atoms with E-state index in [1.807, 2.05) is 43.3 Å². The lowest BCUT2D eigenvalue weighted by Crippen LogP contribution is -2.18. The molecule has 0 aliphatic heterocycles. The minimum atomic E-state index is -0.551. The zero-order valence-corrected chi connectivity index (χ0v) is 19.0. The van der Waals surface area contributed by atoms with Crippen molar-refractivity contribution in [2.45, 2.75) is 38.8 Å². The number of nitrogen functional groups attached to an aromatic ring is 1. The van der Waals surface area contributed by atoms with Crippen molar-refractivity contribution in [3.63, 3.8) is 0 Å². The van der Waals surface area contributed by atoms with Crippen molar-refractivity contribution >= 4 is 28.4 Å². The molecule has 8 heteroatoms. The molecule has 0 bridgehead atoms. The molecule has 8 nitrogen and oxygen atoms in total. The fraction of sp³-hybridized carbons (Fsp3) is 0.269. The van der Waals surface area contributed by atoms with Crippen molar-refractivity contribution in [1.82, 2.24) is 14.5 Å². The number of amides is 1. The average Bonchev–Trinajstić information content (AvgIpc) is 3.10. The molecule has 0 unspecified atom stereocenters. The van der Waals surface area contributed by atoms with Crippen LogP contribution in [0.3, 0.4) is 0 Å². The van der Waals surface area contributed by atoms with Crippen LogP contribution in [0.2, 0.25) is 0 Å². The Morgan fingerprint density at radius 2 is 2.00 bits per heavy atom. The maximum atomic E-state index is 12.2. The SMILES string of the molecule is CCOc1ccc2c(N)c(-c3ccc(NC(=O)OCc4cnccn4)cc3)n(C3CCC3)c2c1. The summed E-state index contributed by atoms with van der Waals surface area (Å²) in [7, 11) is 0. The number of rotatable bonds is 7. The van der Waals surface area contributed by atoms with Crippen LogP contribution in [-0.2, 0) is 11.3 Å². The zero-order valence-electron chi connectivity index (χ0n) is 19.0. The van der Waals surface area contributed by atoms with Crippen LogP contribution in [0, 0.1) is 0 Å². The summed E-state index contributed by atoms with van der Waals surface area (Å²) in [5.74, 6) is 0.846. The number of nitrogens with zero attached hydrogens (tertiary/aromatic N) is 3. The number of carbonyl (C=O) groups excluding carboxylic acids is 1. The Labute approximate surface area is 197 Å². The van der Waals surface area contributed by atoms with E-state index in [1.54, 1.807) is 18.6 Å². The van der Waals surface area contributed by atoms with Gasteiger partial charge in [0.15, 0.2) is 0 Å². The Hall–Kier alpha value is -4.07. The molecule has 3 N–H and O–H groups in total. The first kappa shape index (κ1) is 21.8. The highest BCUT2D eigenvalue weighted by molar-refractivity contribution is 6.01. The van der Waals surface area contributed by atoms with Gasteiger partial charge < -0.3 is 19.8 Å². The molecular formula is C26H27N5O3. The van der Waals surface area contributed by atoms with Crippen molar-refractivity contribution in [3.8, 4) is 17.0 Å². The van der Waals surface area contributed by atoms with E-state index < -0.39 is 6.09 Å². The van der Waals surface area contributed by atoms with Crippen molar-refractivity contribution in [2.24, 2.45) is 0 Å². The van der Waals surface area contributed by atoms with Crippen molar-refractivity contribution < 1.29 is 14.3 Å². The Bertz CT molecular complexity index is 1300. The third-order valence-electron chi connectivity index (χ3n) is 6.14. The second-order valence-corrected chi connectivity index (χ2v) is 8.30. The van der Waals surface area contributed by atoms with Crippen LogP contribution in [0.5, 0.6) is 5.75 Å². The highest BCUT2D eigenvalue weighted by Crippen LogP contribution is 2.44. The second-order valence-electron chi connectivity index (χ2n) is 8.30. The molecule has 0 atom stereocenters. The number of carbonyl (C=O) groups is 1. The van der Waals surface area contributed by atoms with Gasteiger partial charge in [-0.2, -0.15) is 0 Å². The van der Waals surface area contributed by atoms with Crippen LogP contribution in [0.25, 0.3) is 22.2 Å². The normalized spacial score (nSPS) is 13.4. The summed E-state index contributed by atoms with van der Waals surface area (Å²) in [6, 6.07) is 14.2. The molecule has 0 radical (unpaired) electrons. The summed E-state index contributed by atoms with van der Waals surface area (Å²) in [5, 5.41) is 3.78. The van der Waals surface area contributed by atoms with Gasteiger partial charge in [0, 0.05) is 41.1 Å². The van der Waals surface area contributed by atoms with Gasteiger partial charge in [0.05, 0.1) is 35.4 Å². The van der Waals surface area contributed by atoms with Crippen molar-refractivity contribution in [2.75, 3.05) is 17.7 Å². The molecule has 1 saturated carbocycles. The standard InChI is InChI=1S/C26H27N5O3/c1-2-33-21-10-11-22-23(14-21)31(20-4-3-5-20)25(24(22)27)17-6-8-18(9-7-17)30-26(32)34-16-19-15-28-12-13-29-19/h6-15,20H,2-5,16,27H2,1H3,(H,30,32). The summed E-state index contributed by atoms with van der Waals surface area (Å²) >= 11 is 0. The number of fused-ring (bicyclic) bond motifs is 1. The van der Waals surface area contributed by atoms with Crippen LogP contribution in [0.4, 0.5) is 16.2 Å². The van der Waals surface area contributed by atoms with E-state index in [1.165, 1.54) is 6.42 Å². The molecule has 1 aliphatic rings. The van der Waals surface area contributed by atoms with Gasteiger partial charge in [-0.15, -0.1) is 0 Å². The van der Waals surface area contributed by atoms with Gasteiger partial charge in [0.25, 0.3) is 0 Å². The van der Waals surface area contributed by atoms with Gasteiger partial charge in [0.1, 0.15) is 12.4 Å². The van der Waals surface area contributed by atoms with E-state index >= 15 is 0 Å². The number of anilines is 2. The van der Waals surface area contributed by atoms with Gasteiger partial charge in [-0.05, 0) is 50.5 Å². The van der Waals surface area contributed by atoms with E-state index in [4.69, 9.17) is 15.2 Å². The molecular weight excluding hydrogens is 430 g/mol. The molecule has 0 spiro atoms. The highest BCUT2D eigenvalue weighted by Gasteiger charge is 2.27. The molecule has 2 aromatic heterocycles. The lowest BCUT2D eigenvalue weighted by Gasteiger charge is -2.30. The van der Waals surface area contributed by atoms with Crippen LogP contribution in [-0.4, -0.2) is 27.2 Å². The largest absolute Gasteiger partial charge is 0.494 e. The highest BCUT2D eigenvalue weighted by atomic mass is 16.5. The third kappa shape index (κ3) is 4.26. The van der Waals surface area contributed by atoms with Crippen molar-refractivity contribution in [3.05, 3.63) is 66.7 Å². The van der Waals surface area contributed by atoms with E-state index in [-0.39, 0.29) is 6.61 Å². The van der Waals surface area contributed by atoms with E-state index in [9.17, 15) is 4.79 Å². The van der Waals surface area contributed by atoms with Gasteiger partial charge in [-0.3, -0.25) is 15.3 Å². The third-order valence-corrected chi connectivity index (χ3v) is 6.14. The molecule has 1 aliphatic carbocycles. The van der Waals surface area contributed by atoms with Gasteiger partial charge in [-0.1, -0.05) is 12.1 Å². The molecule has 34 heavy (non-hydrogen) atoms. The maximum Gasteiger partial charge on any atom is 0.412 e. The molecule has 5 rings (SSSR count). The summed E-state index contributed by atoms with van der Waals surface area (Å²) in [4.78, 5) is 20.2. The molecule has 0 saturated heterocycles. The summed E-state index contributed by atoms with van der Waals surface area (Å²) in [5.41, 5.74) is 11.7. The van der Waals surface area contributed by atoms with Crippen LogP contribution >= 0.6 is 0 Å². The lowest BCUT2D eigenvalue weighted by atomic mass is 9.92. The molecule has 2 aromatic carbocycles. The van der Waals surface area contributed by atoms with Crippen LogP contribution < -0.4 is 15.8 Å². The first-order valence-corrected chi connectivity index (χ1v) is 11.5. The van der Waals surface area contributed by atoms with E-state index in [0.717, 1.165) is 46.4 Å². The summed E-state index contributed by atoms with van der Waals surface area (Å²) < 4.78 is 13.3. The van der Waals surface area contributed by atoms with Crippen LogP contribution in [0.15, 0.2) is 61.1 Å². The maximum absolute atomic E-state index is 12.2. The minimum absolute atomic E-state index is 0.0551. The number of aromatic nitrogens is 3. The van der Waals surface area contributed by atoms with Crippen LogP contribution in [0.1, 0.15) is 37.9 Å². The lowest BCUT2D eigenvalue weighted by molar-refractivity contribution is 0.153. The second kappa shape index (κ2) is 9.43. The number of hydrogen-bond acceptors (Lipinski definition) is 6. The number of nitrogens with two attached hydrogens (primary N) is 1. The number of hydrogen-bond donors (Lipinski definition) is 2. The molecule has 2 heterocycles. The Morgan fingerprint density at radius 3 is 2.68 bits per heavy atom. The molecule has 4 aromatic rings. The first-order valence-electron chi connectivity index (χ1n) is 11.5. The molecule has 174 valence electrons. The van der Waals surface area contributed by atoms with Crippen molar-refractivity contribution in [1.29, 1.82) is 0 Å². The smallest absolute Gasteiger partial charge is 0.412 e. The fourth-order valence-electron chi connectivity index (χ4n) is 4.30. The molecule has 1 fully saturated rings. The Kier molecular flexibility index (Phi) is 6.03. The number of ether oxygens (including phenoxy) is 2. The number of nitrogens with one attached hydrogen (secondary N) is 1. The average molecular weight is 458 g/mol. The summed E-state index contributed by atoms with van der Waals surface area (Å²) in [6.45, 7) is 2.66. The Balaban J connectivity index is 1.39. The van der Waals surface area contributed by atoms with Gasteiger partial charge in [-0.25, -0.2) is 4.79 Å². The minimum Gasteiger partial charge on any atom is -0.494 e. The monoisotopic (exact) mass is 457 g/mol. The van der Waals surface area contributed by atoms with E-state index in [0.29, 0.717) is 24.0 Å².